The summed E-state index contributed by atoms with van der Waals surface area (Å²) in [6.45, 7) is 2.44. The van der Waals surface area contributed by atoms with Crippen LogP contribution < -0.4 is 10.1 Å². The van der Waals surface area contributed by atoms with E-state index >= 15 is 0 Å². The third-order valence-electron chi connectivity index (χ3n) is 3.19. The number of para-hydroxylation sites is 1. The average molecular weight is 356 g/mol. The van der Waals surface area contributed by atoms with Crippen molar-refractivity contribution in [2.75, 3.05) is 13.7 Å². The van der Waals surface area contributed by atoms with Gasteiger partial charge in [-0.1, -0.05) is 24.3 Å². The first-order valence-electron chi connectivity index (χ1n) is 6.62. The van der Waals surface area contributed by atoms with E-state index in [1.807, 2.05) is 31.2 Å². The predicted octanol–water partition coefficient (Wildman–Crippen LogP) is 4.43. The molecule has 1 atom stereocenters. The second-order valence-electron chi connectivity index (χ2n) is 4.46. The molecule has 0 saturated carbocycles. The highest BCUT2D eigenvalue weighted by molar-refractivity contribution is 9.10. The van der Waals surface area contributed by atoms with E-state index in [2.05, 4.69) is 21.2 Å². The maximum Gasteiger partial charge on any atom is 0.173 e. The van der Waals surface area contributed by atoms with E-state index in [1.54, 1.807) is 13.1 Å². The van der Waals surface area contributed by atoms with Gasteiger partial charge in [0.1, 0.15) is 5.75 Å². The van der Waals surface area contributed by atoms with Crippen LogP contribution in [0.2, 0.25) is 0 Å². The van der Waals surface area contributed by atoms with Crippen LogP contribution in [-0.4, -0.2) is 13.7 Å². The standard InChI is InChI=1S/C16H16BrF2NO/c1-3-21-13-7-5-4-6-10(13)16(20-2)11-8-9-12(18)15(19)14(11)17/h4-9,16,20H,3H2,1-2H3. The summed E-state index contributed by atoms with van der Waals surface area (Å²) in [6.07, 6.45) is 0. The number of hydrogen-bond acceptors (Lipinski definition) is 2. The van der Waals surface area contributed by atoms with Gasteiger partial charge in [0.25, 0.3) is 0 Å². The van der Waals surface area contributed by atoms with Gasteiger partial charge in [-0.05, 0) is 47.6 Å². The number of nitrogens with one attached hydrogen (secondary N) is 1. The fourth-order valence-corrected chi connectivity index (χ4v) is 2.80. The summed E-state index contributed by atoms with van der Waals surface area (Å²) in [6, 6.07) is 9.90. The van der Waals surface area contributed by atoms with Crippen molar-refractivity contribution >= 4 is 15.9 Å². The van der Waals surface area contributed by atoms with Gasteiger partial charge in [0.05, 0.1) is 17.1 Å². The van der Waals surface area contributed by atoms with Crippen LogP contribution in [0.15, 0.2) is 40.9 Å². The molecule has 21 heavy (non-hydrogen) atoms. The molecule has 2 aromatic rings. The number of halogens is 3. The largest absolute Gasteiger partial charge is 0.494 e. The Labute approximate surface area is 131 Å². The van der Waals surface area contributed by atoms with Crippen LogP contribution >= 0.6 is 15.9 Å². The highest BCUT2D eigenvalue weighted by atomic mass is 79.9. The van der Waals surface area contributed by atoms with Crippen LogP contribution in [0.3, 0.4) is 0 Å². The first-order valence-corrected chi connectivity index (χ1v) is 7.41. The summed E-state index contributed by atoms with van der Waals surface area (Å²) in [7, 11) is 1.76. The molecule has 0 radical (unpaired) electrons. The van der Waals surface area contributed by atoms with Crippen molar-refractivity contribution in [3.8, 4) is 5.75 Å². The maximum absolute atomic E-state index is 13.8. The lowest BCUT2D eigenvalue weighted by Gasteiger charge is -2.21. The normalized spacial score (nSPS) is 12.2. The number of ether oxygens (including phenoxy) is 1. The Hall–Kier alpha value is -1.46. The van der Waals surface area contributed by atoms with Crippen LogP contribution in [0.5, 0.6) is 5.75 Å². The molecule has 0 saturated heterocycles. The summed E-state index contributed by atoms with van der Waals surface area (Å²) in [4.78, 5) is 0. The molecule has 0 fully saturated rings. The van der Waals surface area contributed by atoms with Gasteiger partial charge in [0, 0.05) is 5.56 Å². The maximum atomic E-state index is 13.8. The van der Waals surface area contributed by atoms with Crippen molar-refractivity contribution < 1.29 is 13.5 Å². The molecule has 0 aromatic heterocycles. The van der Waals surface area contributed by atoms with E-state index in [4.69, 9.17) is 4.74 Å². The molecule has 0 aliphatic rings. The molecule has 0 aliphatic heterocycles. The van der Waals surface area contributed by atoms with Crippen LogP contribution in [0, 0.1) is 11.6 Å². The van der Waals surface area contributed by atoms with Crippen molar-refractivity contribution in [2.45, 2.75) is 13.0 Å². The monoisotopic (exact) mass is 355 g/mol. The highest BCUT2D eigenvalue weighted by Gasteiger charge is 2.21. The van der Waals surface area contributed by atoms with Gasteiger partial charge in [-0.15, -0.1) is 0 Å². The molecule has 112 valence electrons. The van der Waals surface area contributed by atoms with Crippen molar-refractivity contribution in [1.29, 1.82) is 0 Å². The minimum absolute atomic E-state index is 0.119. The van der Waals surface area contributed by atoms with Gasteiger partial charge in [0.2, 0.25) is 0 Å². The van der Waals surface area contributed by atoms with Crippen molar-refractivity contribution in [3.05, 3.63) is 63.6 Å². The van der Waals surface area contributed by atoms with E-state index in [9.17, 15) is 8.78 Å². The fourth-order valence-electron chi connectivity index (χ4n) is 2.25. The summed E-state index contributed by atoms with van der Waals surface area (Å²) >= 11 is 3.14. The van der Waals surface area contributed by atoms with Gasteiger partial charge in [-0.2, -0.15) is 0 Å². The molecular formula is C16H16BrF2NO. The molecule has 0 heterocycles. The molecule has 5 heteroatoms. The van der Waals surface area contributed by atoms with Crippen LogP contribution in [0.1, 0.15) is 24.1 Å². The zero-order chi connectivity index (χ0) is 15.4. The Balaban J connectivity index is 2.53. The lowest BCUT2D eigenvalue weighted by molar-refractivity contribution is 0.334. The Morgan fingerprint density at radius 2 is 1.86 bits per heavy atom. The molecule has 1 unspecified atom stereocenters. The van der Waals surface area contributed by atoms with E-state index < -0.39 is 11.6 Å². The van der Waals surface area contributed by atoms with Gasteiger partial charge in [-0.25, -0.2) is 8.78 Å². The van der Waals surface area contributed by atoms with E-state index in [0.717, 1.165) is 17.4 Å². The summed E-state index contributed by atoms with van der Waals surface area (Å²) in [5, 5.41) is 3.12. The van der Waals surface area contributed by atoms with Crippen molar-refractivity contribution in [3.63, 3.8) is 0 Å². The molecule has 0 bridgehead atoms. The topological polar surface area (TPSA) is 21.3 Å². The minimum Gasteiger partial charge on any atom is -0.494 e. The van der Waals surface area contributed by atoms with E-state index in [-0.39, 0.29) is 10.5 Å². The van der Waals surface area contributed by atoms with Crippen LogP contribution in [0.25, 0.3) is 0 Å². The van der Waals surface area contributed by atoms with Gasteiger partial charge in [-0.3, -0.25) is 0 Å². The Morgan fingerprint density at radius 3 is 2.52 bits per heavy atom. The SMILES string of the molecule is CCOc1ccccc1C(NC)c1ccc(F)c(F)c1Br. The summed E-state index contributed by atoms with van der Waals surface area (Å²) < 4.78 is 32.8. The highest BCUT2D eigenvalue weighted by Crippen LogP contribution is 2.35. The number of hydrogen-bond donors (Lipinski definition) is 1. The zero-order valence-corrected chi connectivity index (χ0v) is 13.4. The Kier molecular flexibility index (Phi) is 5.31. The first-order chi connectivity index (χ1) is 10.1. The second-order valence-corrected chi connectivity index (χ2v) is 5.25. The molecule has 2 nitrogen and oxygen atoms in total. The third kappa shape index (κ3) is 3.24. The third-order valence-corrected chi connectivity index (χ3v) is 4.00. The van der Waals surface area contributed by atoms with Crippen LogP contribution in [-0.2, 0) is 0 Å². The smallest absolute Gasteiger partial charge is 0.173 e. The quantitative estimate of drug-likeness (QED) is 0.800. The van der Waals surface area contributed by atoms with E-state index in [1.165, 1.54) is 0 Å². The van der Waals surface area contributed by atoms with E-state index in [0.29, 0.717) is 12.2 Å². The second kappa shape index (κ2) is 7.00. The van der Waals surface area contributed by atoms with Crippen molar-refractivity contribution in [2.24, 2.45) is 0 Å². The lowest BCUT2D eigenvalue weighted by Crippen LogP contribution is -2.19. The Bertz CT molecular complexity index is 634. The summed E-state index contributed by atoms with van der Waals surface area (Å²) in [5.41, 5.74) is 1.48. The number of rotatable bonds is 5. The Morgan fingerprint density at radius 1 is 1.14 bits per heavy atom. The molecule has 0 aliphatic carbocycles. The number of benzene rings is 2. The predicted molar refractivity (Wildman–Crippen MR) is 82.6 cm³/mol. The zero-order valence-electron chi connectivity index (χ0n) is 11.8. The van der Waals surface area contributed by atoms with Gasteiger partial charge in [0.15, 0.2) is 11.6 Å². The minimum atomic E-state index is -0.887. The molecule has 0 spiro atoms. The van der Waals surface area contributed by atoms with Gasteiger partial charge < -0.3 is 10.1 Å². The lowest BCUT2D eigenvalue weighted by atomic mass is 9.97. The van der Waals surface area contributed by atoms with Crippen molar-refractivity contribution in [1.82, 2.24) is 5.32 Å². The molecule has 1 N–H and O–H groups in total. The summed E-state index contributed by atoms with van der Waals surface area (Å²) in [5.74, 6) is -1.05. The molecular weight excluding hydrogens is 340 g/mol. The molecule has 0 amide bonds. The molecule has 2 aromatic carbocycles. The van der Waals surface area contributed by atoms with Crippen LogP contribution in [0.4, 0.5) is 8.78 Å². The van der Waals surface area contributed by atoms with Gasteiger partial charge >= 0.3 is 0 Å². The first kappa shape index (κ1) is 15.9. The average Bonchev–Trinajstić information content (AvgIpc) is 2.49. The molecule has 2 rings (SSSR count). The fraction of sp³-hybridized carbons (Fsp3) is 0.250.